The Morgan fingerprint density at radius 3 is 2.33 bits per heavy atom. The lowest BCUT2D eigenvalue weighted by Crippen LogP contribution is -2.54. The highest BCUT2D eigenvalue weighted by atomic mass is 127. The molecule has 9 heteroatoms. The number of rotatable bonds is 4. The van der Waals surface area contributed by atoms with Gasteiger partial charge in [0.2, 0.25) is 5.91 Å². The number of carbonyl (C=O) groups is 1. The van der Waals surface area contributed by atoms with Gasteiger partial charge in [0.25, 0.3) is 0 Å². The van der Waals surface area contributed by atoms with Crippen LogP contribution in [0.4, 0.5) is 0 Å². The number of aromatic nitrogens is 1. The Hall–Kier alpha value is -0.940. The Kier molecular flexibility index (Phi) is 8.74. The number of thiazole rings is 1. The molecule has 0 atom stereocenters. The molecular weight excluding hydrogens is 475 g/mol. The molecule has 152 valence electrons. The van der Waals surface area contributed by atoms with E-state index in [1.807, 2.05) is 18.9 Å². The Labute approximate surface area is 183 Å². The van der Waals surface area contributed by atoms with Crippen molar-refractivity contribution < 1.29 is 4.79 Å². The van der Waals surface area contributed by atoms with Crippen molar-refractivity contribution in [1.82, 2.24) is 25.0 Å². The number of likely N-dealkylation sites (tertiary alicyclic amines) is 1. The molecular formula is C18H31IN6OS. The first-order valence-electron chi connectivity index (χ1n) is 9.45. The summed E-state index contributed by atoms with van der Waals surface area (Å²) in [6.45, 7) is 10.9. The zero-order valence-electron chi connectivity index (χ0n) is 16.5. The summed E-state index contributed by atoms with van der Waals surface area (Å²) >= 11 is 1.74. The molecule has 0 aromatic carbocycles. The Morgan fingerprint density at radius 1 is 1.11 bits per heavy atom. The summed E-state index contributed by atoms with van der Waals surface area (Å²) in [4.78, 5) is 29.0. The van der Waals surface area contributed by atoms with Gasteiger partial charge < -0.3 is 15.1 Å². The molecule has 0 bridgehead atoms. The van der Waals surface area contributed by atoms with Crippen LogP contribution in [0, 0.1) is 13.8 Å². The quantitative estimate of drug-likeness (QED) is 0.383. The molecule has 1 N–H and O–H groups in total. The highest BCUT2D eigenvalue weighted by Gasteiger charge is 2.24. The number of halogens is 1. The van der Waals surface area contributed by atoms with Gasteiger partial charge in [-0.15, -0.1) is 35.3 Å². The largest absolute Gasteiger partial charge is 0.351 e. The van der Waals surface area contributed by atoms with Crippen molar-refractivity contribution in [3.63, 3.8) is 0 Å². The van der Waals surface area contributed by atoms with E-state index in [1.165, 1.54) is 4.88 Å². The Bertz CT molecular complexity index is 650. The van der Waals surface area contributed by atoms with Crippen molar-refractivity contribution in [2.75, 3.05) is 52.9 Å². The van der Waals surface area contributed by atoms with Gasteiger partial charge in [-0.05, 0) is 26.7 Å². The number of carbonyl (C=O) groups excluding carboxylic acids is 1. The standard InChI is InChI=1S/C18H30N6OS.HI/c1-14-16(26-15(2)21-14)12-20-18(19-3)24-10-8-22(9-11-24)13-17(25)23-6-4-5-7-23;/h4-13H2,1-3H3,(H,19,20);1H. The predicted octanol–water partition coefficient (Wildman–Crippen LogP) is 1.69. The molecule has 1 aromatic rings. The van der Waals surface area contributed by atoms with Crippen LogP contribution in [0.2, 0.25) is 0 Å². The maximum atomic E-state index is 12.3. The van der Waals surface area contributed by atoms with Crippen LogP contribution in [0.15, 0.2) is 4.99 Å². The molecule has 2 aliphatic heterocycles. The van der Waals surface area contributed by atoms with Crippen LogP contribution in [-0.4, -0.2) is 84.4 Å². The van der Waals surface area contributed by atoms with Crippen LogP contribution < -0.4 is 5.32 Å². The minimum absolute atomic E-state index is 0. The molecule has 7 nitrogen and oxygen atoms in total. The number of amides is 1. The van der Waals surface area contributed by atoms with E-state index in [0.717, 1.165) is 75.3 Å². The van der Waals surface area contributed by atoms with Crippen LogP contribution in [-0.2, 0) is 11.3 Å². The second kappa shape index (κ2) is 10.6. The van der Waals surface area contributed by atoms with E-state index in [2.05, 4.69) is 32.0 Å². The molecule has 0 unspecified atom stereocenters. The number of hydrogen-bond donors (Lipinski definition) is 1. The molecule has 1 aromatic heterocycles. The molecule has 2 saturated heterocycles. The van der Waals surface area contributed by atoms with Crippen LogP contribution in [0.5, 0.6) is 0 Å². The first-order valence-corrected chi connectivity index (χ1v) is 10.3. The fourth-order valence-corrected chi connectivity index (χ4v) is 4.48. The van der Waals surface area contributed by atoms with Crippen molar-refractivity contribution in [3.05, 3.63) is 15.6 Å². The number of piperazine rings is 1. The summed E-state index contributed by atoms with van der Waals surface area (Å²) in [6, 6.07) is 0. The fraction of sp³-hybridized carbons (Fsp3) is 0.722. The van der Waals surface area contributed by atoms with Gasteiger partial charge >= 0.3 is 0 Å². The topological polar surface area (TPSA) is 64.1 Å². The summed E-state index contributed by atoms with van der Waals surface area (Å²) in [6.07, 6.45) is 2.31. The minimum Gasteiger partial charge on any atom is -0.351 e. The zero-order valence-corrected chi connectivity index (χ0v) is 19.7. The van der Waals surface area contributed by atoms with Gasteiger partial charge in [-0.25, -0.2) is 4.98 Å². The number of nitrogens with zero attached hydrogens (tertiary/aromatic N) is 5. The Morgan fingerprint density at radius 2 is 1.78 bits per heavy atom. The summed E-state index contributed by atoms with van der Waals surface area (Å²) in [5.41, 5.74) is 1.10. The smallest absolute Gasteiger partial charge is 0.236 e. The summed E-state index contributed by atoms with van der Waals surface area (Å²) in [7, 11) is 1.83. The van der Waals surface area contributed by atoms with Crippen molar-refractivity contribution in [2.24, 2.45) is 4.99 Å². The molecule has 0 saturated carbocycles. The summed E-state index contributed by atoms with van der Waals surface area (Å²) < 4.78 is 0. The van der Waals surface area contributed by atoms with Gasteiger partial charge in [0.05, 0.1) is 23.8 Å². The van der Waals surface area contributed by atoms with Gasteiger partial charge in [0.15, 0.2) is 5.96 Å². The van der Waals surface area contributed by atoms with Gasteiger partial charge in [-0.1, -0.05) is 0 Å². The van der Waals surface area contributed by atoms with E-state index in [-0.39, 0.29) is 29.9 Å². The lowest BCUT2D eigenvalue weighted by molar-refractivity contribution is -0.131. The zero-order chi connectivity index (χ0) is 18.5. The molecule has 3 heterocycles. The number of hydrogen-bond acceptors (Lipinski definition) is 5. The van der Waals surface area contributed by atoms with Gasteiger partial charge in [-0.3, -0.25) is 14.7 Å². The van der Waals surface area contributed by atoms with E-state index in [9.17, 15) is 4.79 Å². The molecule has 1 amide bonds. The summed E-state index contributed by atoms with van der Waals surface area (Å²) in [5, 5.41) is 4.56. The van der Waals surface area contributed by atoms with E-state index in [4.69, 9.17) is 0 Å². The van der Waals surface area contributed by atoms with Crippen LogP contribution in [0.1, 0.15) is 28.4 Å². The third kappa shape index (κ3) is 6.02. The first kappa shape index (κ1) is 22.4. The molecule has 2 fully saturated rings. The first-order chi connectivity index (χ1) is 12.6. The molecule has 3 rings (SSSR count). The lowest BCUT2D eigenvalue weighted by Gasteiger charge is -2.36. The molecule has 27 heavy (non-hydrogen) atoms. The van der Waals surface area contributed by atoms with Crippen molar-refractivity contribution in [2.45, 2.75) is 33.2 Å². The van der Waals surface area contributed by atoms with Gasteiger partial charge in [0, 0.05) is 51.2 Å². The third-order valence-corrected chi connectivity index (χ3v) is 6.18. The van der Waals surface area contributed by atoms with Crippen molar-refractivity contribution >= 4 is 47.2 Å². The van der Waals surface area contributed by atoms with E-state index < -0.39 is 0 Å². The minimum atomic E-state index is 0. The van der Waals surface area contributed by atoms with Crippen molar-refractivity contribution in [3.8, 4) is 0 Å². The average molecular weight is 506 g/mol. The number of guanidine groups is 1. The number of nitrogens with one attached hydrogen (secondary N) is 1. The Balaban J connectivity index is 0.00000261. The lowest BCUT2D eigenvalue weighted by atomic mass is 10.3. The highest BCUT2D eigenvalue weighted by Crippen LogP contribution is 2.17. The van der Waals surface area contributed by atoms with E-state index in [0.29, 0.717) is 6.54 Å². The summed E-state index contributed by atoms with van der Waals surface area (Å²) in [5.74, 6) is 1.22. The second-order valence-corrected chi connectivity index (χ2v) is 8.28. The maximum absolute atomic E-state index is 12.3. The van der Waals surface area contributed by atoms with E-state index >= 15 is 0 Å². The van der Waals surface area contributed by atoms with Gasteiger partial charge in [0.1, 0.15) is 0 Å². The third-order valence-electron chi connectivity index (χ3n) is 5.11. The highest BCUT2D eigenvalue weighted by molar-refractivity contribution is 14.0. The monoisotopic (exact) mass is 506 g/mol. The molecule has 0 aliphatic carbocycles. The molecule has 0 spiro atoms. The van der Waals surface area contributed by atoms with E-state index in [1.54, 1.807) is 11.3 Å². The maximum Gasteiger partial charge on any atom is 0.236 e. The number of aliphatic imine (C=N–C) groups is 1. The fourth-order valence-electron chi connectivity index (χ4n) is 3.60. The SMILES string of the molecule is CN=C(NCc1sc(C)nc1C)N1CCN(CC(=O)N2CCCC2)CC1.I. The number of aryl methyl sites for hydroxylation is 2. The van der Waals surface area contributed by atoms with Crippen LogP contribution in [0.25, 0.3) is 0 Å². The average Bonchev–Trinajstić information content (AvgIpc) is 3.27. The second-order valence-electron chi connectivity index (χ2n) is 6.99. The predicted molar refractivity (Wildman–Crippen MR) is 121 cm³/mol. The van der Waals surface area contributed by atoms with Crippen LogP contribution in [0.3, 0.4) is 0 Å². The van der Waals surface area contributed by atoms with Crippen molar-refractivity contribution in [1.29, 1.82) is 0 Å². The normalized spacial score (nSPS) is 18.6. The molecule has 0 radical (unpaired) electrons. The molecule has 2 aliphatic rings. The van der Waals surface area contributed by atoms with Crippen LogP contribution >= 0.6 is 35.3 Å². The van der Waals surface area contributed by atoms with Gasteiger partial charge in [-0.2, -0.15) is 0 Å².